The van der Waals surface area contributed by atoms with Gasteiger partial charge < -0.3 is 14.6 Å². The molecule has 114 valence electrons. The van der Waals surface area contributed by atoms with Gasteiger partial charge in [-0.3, -0.25) is 4.90 Å². The predicted octanol–water partition coefficient (Wildman–Crippen LogP) is 2.86. The Kier molecular flexibility index (Phi) is 5.84. The van der Waals surface area contributed by atoms with Gasteiger partial charge in [0.1, 0.15) is 11.5 Å². The minimum absolute atomic E-state index is 0.360. The molecule has 0 saturated heterocycles. The Morgan fingerprint density at radius 1 is 1.05 bits per heavy atom. The van der Waals surface area contributed by atoms with Crippen molar-refractivity contribution in [1.82, 2.24) is 4.90 Å². The summed E-state index contributed by atoms with van der Waals surface area (Å²) >= 11 is 0. The van der Waals surface area contributed by atoms with Crippen LogP contribution in [0.5, 0.6) is 11.5 Å². The van der Waals surface area contributed by atoms with Crippen molar-refractivity contribution in [1.29, 1.82) is 0 Å². The summed E-state index contributed by atoms with van der Waals surface area (Å²) in [6, 6.07) is 5.53. The van der Waals surface area contributed by atoms with Crippen molar-refractivity contribution < 1.29 is 14.6 Å². The summed E-state index contributed by atoms with van der Waals surface area (Å²) in [5, 5.41) is 10.8. The average molecular weight is 281 g/mol. The van der Waals surface area contributed by atoms with Crippen LogP contribution in [0, 0.1) is 0 Å². The van der Waals surface area contributed by atoms with Crippen LogP contribution < -0.4 is 9.47 Å². The van der Waals surface area contributed by atoms with Crippen molar-refractivity contribution in [2.24, 2.45) is 0 Å². The largest absolute Gasteiger partial charge is 0.497 e. The number of hydrogen-bond acceptors (Lipinski definition) is 4. The van der Waals surface area contributed by atoms with E-state index in [1.165, 1.54) is 0 Å². The fourth-order valence-corrected chi connectivity index (χ4v) is 2.61. The minimum atomic E-state index is -0.619. The minimum Gasteiger partial charge on any atom is -0.497 e. The lowest BCUT2D eigenvalue weighted by molar-refractivity contribution is -0.00644. The Bertz CT molecular complexity index is 405. The highest BCUT2D eigenvalue weighted by Gasteiger charge is 2.34. The van der Waals surface area contributed by atoms with E-state index in [0.717, 1.165) is 18.7 Å². The summed E-state index contributed by atoms with van der Waals surface area (Å²) in [7, 11) is 3.22. The fraction of sp³-hybridized carbons (Fsp3) is 0.625. The molecule has 0 radical (unpaired) electrons. The van der Waals surface area contributed by atoms with E-state index in [0.29, 0.717) is 11.5 Å². The Morgan fingerprint density at radius 3 is 1.85 bits per heavy atom. The first-order valence-electron chi connectivity index (χ1n) is 7.06. The maximum atomic E-state index is 10.8. The molecule has 0 aliphatic rings. The highest BCUT2D eigenvalue weighted by molar-refractivity contribution is 5.40. The van der Waals surface area contributed by atoms with Crippen molar-refractivity contribution in [2.75, 3.05) is 27.3 Å². The van der Waals surface area contributed by atoms with Crippen molar-refractivity contribution in [3.63, 3.8) is 0 Å². The van der Waals surface area contributed by atoms with Crippen molar-refractivity contribution in [3.8, 4) is 11.5 Å². The molecule has 0 saturated carbocycles. The van der Waals surface area contributed by atoms with Gasteiger partial charge in [0.25, 0.3) is 0 Å². The Morgan fingerprint density at radius 2 is 1.50 bits per heavy atom. The van der Waals surface area contributed by atoms with Gasteiger partial charge in [0.05, 0.1) is 20.3 Å². The number of nitrogens with zero attached hydrogens (tertiary/aromatic N) is 1. The van der Waals surface area contributed by atoms with Gasteiger partial charge in [-0.1, -0.05) is 13.8 Å². The molecular weight excluding hydrogens is 254 g/mol. The molecule has 1 aromatic rings. The molecule has 1 aromatic carbocycles. The molecule has 0 aromatic heterocycles. The molecule has 0 aliphatic carbocycles. The van der Waals surface area contributed by atoms with Crippen LogP contribution in [0.1, 0.15) is 39.4 Å². The zero-order chi connectivity index (χ0) is 15.3. The van der Waals surface area contributed by atoms with Crippen LogP contribution in [0.25, 0.3) is 0 Å². The summed E-state index contributed by atoms with van der Waals surface area (Å²) in [6.45, 7) is 10.1. The number of hydrogen-bond donors (Lipinski definition) is 1. The van der Waals surface area contributed by atoms with E-state index < -0.39 is 6.10 Å². The highest BCUT2D eigenvalue weighted by Crippen LogP contribution is 2.34. The molecule has 0 spiro atoms. The van der Waals surface area contributed by atoms with E-state index in [1.54, 1.807) is 20.3 Å². The summed E-state index contributed by atoms with van der Waals surface area (Å²) in [5.74, 6) is 1.38. The quantitative estimate of drug-likeness (QED) is 0.834. The van der Waals surface area contributed by atoms with Crippen LogP contribution in [0.15, 0.2) is 18.2 Å². The summed E-state index contributed by atoms with van der Waals surface area (Å²) in [5.41, 5.74) is 0.444. The number of methoxy groups -OCH3 is 2. The van der Waals surface area contributed by atoms with Gasteiger partial charge in [0.15, 0.2) is 0 Å². The third kappa shape index (κ3) is 3.44. The zero-order valence-electron chi connectivity index (χ0n) is 13.4. The molecular formula is C16H27NO3. The van der Waals surface area contributed by atoms with Crippen LogP contribution in [0.2, 0.25) is 0 Å². The van der Waals surface area contributed by atoms with Gasteiger partial charge in [-0.25, -0.2) is 0 Å². The highest BCUT2D eigenvalue weighted by atomic mass is 16.5. The molecule has 1 atom stereocenters. The Labute approximate surface area is 122 Å². The van der Waals surface area contributed by atoms with E-state index >= 15 is 0 Å². The molecule has 0 amide bonds. The third-order valence-electron chi connectivity index (χ3n) is 3.94. The second kappa shape index (κ2) is 6.95. The van der Waals surface area contributed by atoms with E-state index in [-0.39, 0.29) is 5.54 Å². The SMILES string of the molecule is CCN(CC)C(C)(C)C(O)c1cc(OC)cc(OC)c1. The predicted molar refractivity (Wildman–Crippen MR) is 81.5 cm³/mol. The van der Waals surface area contributed by atoms with Crippen molar-refractivity contribution in [3.05, 3.63) is 23.8 Å². The van der Waals surface area contributed by atoms with Crippen LogP contribution in [0.3, 0.4) is 0 Å². The maximum absolute atomic E-state index is 10.8. The van der Waals surface area contributed by atoms with Crippen molar-refractivity contribution in [2.45, 2.75) is 39.3 Å². The zero-order valence-corrected chi connectivity index (χ0v) is 13.4. The fourth-order valence-electron chi connectivity index (χ4n) is 2.61. The second-order valence-electron chi connectivity index (χ2n) is 5.37. The molecule has 0 heterocycles. The number of likely N-dealkylation sites (N-methyl/N-ethyl adjacent to an activating group) is 1. The molecule has 1 rings (SSSR count). The normalized spacial score (nSPS) is 13.4. The van der Waals surface area contributed by atoms with E-state index in [1.807, 2.05) is 12.1 Å². The number of benzene rings is 1. The van der Waals surface area contributed by atoms with Crippen LogP contribution in [0.4, 0.5) is 0 Å². The van der Waals surface area contributed by atoms with Gasteiger partial charge in [-0.05, 0) is 44.6 Å². The molecule has 1 N–H and O–H groups in total. The Balaban J connectivity index is 3.15. The van der Waals surface area contributed by atoms with Crippen LogP contribution in [-0.4, -0.2) is 42.9 Å². The summed E-state index contributed by atoms with van der Waals surface area (Å²) in [4.78, 5) is 2.24. The van der Waals surface area contributed by atoms with E-state index in [2.05, 4.69) is 32.6 Å². The van der Waals surface area contributed by atoms with Crippen molar-refractivity contribution >= 4 is 0 Å². The van der Waals surface area contributed by atoms with Gasteiger partial charge in [0, 0.05) is 11.6 Å². The van der Waals surface area contributed by atoms with Crippen LogP contribution in [-0.2, 0) is 0 Å². The molecule has 1 unspecified atom stereocenters. The molecule has 0 fully saturated rings. The molecule has 4 heteroatoms. The van der Waals surface area contributed by atoms with Gasteiger partial charge in [0.2, 0.25) is 0 Å². The first kappa shape index (κ1) is 16.8. The van der Waals surface area contributed by atoms with Crippen LogP contribution >= 0.6 is 0 Å². The van der Waals surface area contributed by atoms with E-state index in [9.17, 15) is 5.11 Å². The topological polar surface area (TPSA) is 41.9 Å². The van der Waals surface area contributed by atoms with E-state index in [4.69, 9.17) is 9.47 Å². The third-order valence-corrected chi connectivity index (χ3v) is 3.94. The molecule has 0 aliphatic heterocycles. The van der Waals surface area contributed by atoms with Gasteiger partial charge in [-0.2, -0.15) is 0 Å². The second-order valence-corrected chi connectivity index (χ2v) is 5.37. The smallest absolute Gasteiger partial charge is 0.122 e. The van der Waals surface area contributed by atoms with Gasteiger partial charge in [-0.15, -0.1) is 0 Å². The first-order valence-corrected chi connectivity index (χ1v) is 7.06. The maximum Gasteiger partial charge on any atom is 0.122 e. The standard InChI is InChI=1S/C16H27NO3/c1-7-17(8-2)16(3,4)15(18)12-9-13(19-5)11-14(10-12)20-6/h9-11,15,18H,7-8H2,1-6H3. The number of rotatable bonds is 7. The first-order chi connectivity index (χ1) is 9.40. The van der Waals surface area contributed by atoms with Gasteiger partial charge >= 0.3 is 0 Å². The summed E-state index contributed by atoms with van der Waals surface area (Å²) < 4.78 is 10.5. The average Bonchev–Trinajstić information content (AvgIpc) is 2.46. The number of ether oxygens (including phenoxy) is 2. The lowest BCUT2D eigenvalue weighted by Crippen LogP contribution is -2.48. The lowest BCUT2D eigenvalue weighted by atomic mass is 9.89. The molecule has 0 bridgehead atoms. The number of aliphatic hydroxyl groups excluding tert-OH is 1. The molecule has 4 nitrogen and oxygen atoms in total. The number of aliphatic hydroxyl groups is 1. The summed E-state index contributed by atoms with van der Waals surface area (Å²) in [6.07, 6.45) is -0.619. The Hall–Kier alpha value is -1.26. The monoisotopic (exact) mass is 281 g/mol. The lowest BCUT2D eigenvalue weighted by Gasteiger charge is -2.41. The molecule has 20 heavy (non-hydrogen) atoms.